The van der Waals surface area contributed by atoms with E-state index >= 15 is 0 Å². The highest BCUT2D eigenvalue weighted by Crippen LogP contribution is 2.30. The summed E-state index contributed by atoms with van der Waals surface area (Å²) in [5.41, 5.74) is 2.11. The number of hydrogen-bond donors (Lipinski definition) is 0. The number of esters is 1. The van der Waals surface area contributed by atoms with E-state index in [9.17, 15) is 4.79 Å². The highest BCUT2D eigenvalue weighted by atomic mass is 32.2. The lowest BCUT2D eigenvalue weighted by atomic mass is 10.1. The Labute approximate surface area is 132 Å². The molecular formula is C14H17N3O2S2. The number of thioether (sulfide) groups is 1. The van der Waals surface area contributed by atoms with Crippen molar-refractivity contribution in [2.24, 2.45) is 0 Å². The third-order valence-corrected chi connectivity index (χ3v) is 5.08. The second kappa shape index (κ2) is 7.42. The first-order valence-corrected chi connectivity index (χ1v) is 8.17. The van der Waals surface area contributed by atoms with Crippen LogP contribution in [-0.4, -0.2) is 37.4 Å². The maximum Gasteiger partial charge on any atom is 0.309 e. The second-order valence-electron chi connectivity index (χ2n) is 4.56. The number of aromatic nitrogens is 2. The average Bonchev–Trinajstić information content (AvgIpc) is 2.95. The van der Waals surface area contributed by atoms with E-state index < -0.39 is 0 Å². The van der Waals surface area contributed by atoms with Crippen LogP contribution < -0.4 is 4.90 Å². The fourth-order valence-corrected chi connectivity index (χ4v) is 3.48. The standard InChI is InChI=1S/C14H17N3O2S2/c1-17(2)13-15-16-14(21-13)20-9-11-7-5-4-6-10(11)8-12(18)19-3/h4-7H,8-9H2,1-3H3. The molecular weight excluding hydrogens is 306 g/mol. The van der Waals surface area contributed by atoms with E-state index in [1.54, 1.807) is 23.1 Å². The zero-order chi connectivity index (χ0) is 15.2. The van der Waals surface area contributed by atoms with Crippen LogP contribution in [0, 0.1) is 0 Å². The lowest BCUT2D eigenvalue weighted by Gasteiger charge is -2.07. The summed E-state index contributed by atoms with van der Waals surface area (Å²) < 4.78 is 5.65. The number of methoxy groups -OCH3 is 1. The van der Waals surface area contributed by atoms with Gasteiger partial charge in [-0.1, -0.05) is 47.4 Å². The molecule has 5 nitrogen and oxygen atoms in total. The lowest BCUT2D eigenvalue weighted by Crippen LogP contribution is -2.07. The summed E-state index contributed by atoms with van der Waals surface area (Å²) in [6.45, 7) is 0. The van der Waals surface area contributed by atoms with Crippen LogP contribution in [-0.2, 0) is 21.7 Å². The fraction of sp³-hybridized carbons (Fsp3) is 0.357. The Hall–Kier alpha value is -1.60. The third kappa shape index (κ3) is 4.44. The molecule has 0 amide bonds. The first-order valence-electron chi connectivity index (χ1n) is 6.37. The molecule has 0 unspecified atom stereocenters. The molecule has 0 saturated carbocycles. The van der Waals surface area contributed by atoms with E-state index in [1.807, 2.05) is 43.3 Å². The molecule has 1 aromatic carbocycles. The Kier molecular flexibility index (Phi) is 5.58. The number of rotatable bonds is 6. The van der Waals surface area contributed by atoms with Crippen LogP contribution in [0.4, 0.5) is 5.13 Å². The van der Waals surface area contributed by atoms with Gasteiger partial charge in [0, 0.05) is 19.8 Å². The van der Waals surface area contributed by atoms with Gasteiger partial charge in [0.05, 0.1) is 13.5 Å². The molecule has 0 fully saturated rings. The van der Waals surface area contributed by atoms with Crippen molar-refractivity contribution >= 4 is 34.2 Å². The van der Waals surface area contributed by atoms with Crippen molar-refractivity contribution in [3.8, 4) is 0 Å². The quantitative estimate of drug-likeness (QED) is 0.602. The number of hydrogen-bond acceptors (Lipinski definition) is 7. The van der Waals surface area contributed by atoms with E-state index in [0.29, 0.717) is 6.42 Å². The number of benzene rings is 1. The monoisotopic (exact) mass is 323 g/mol. The molecule has 0 radical (unpaired) electrons. The molecule has 1 aromatic heterocycles. The summed E-state index contributed by atoms with van der Waals surface area (Å²) in [4.78, 5) is 13.4. The number of carbonyl (C=O) groups is 1. The summed E-state index contributed by atoms with van der Waals surface area (Å²) in [5.74, 6) is 0.535. The van der Waals surface area contributed by atoms with Gasteiger partial charge in [0.25, 0.3) is 0 Å². The Bertz CT molecular complexity index is 614. The molecule has 0 aliphatic heterocycles. The maximum atomic E-state index is 11.4. The highest BCUT2D eigenvalue weighted by Gasteiger charge is 2.10. The van der Waals surface area contributed by atoms with Gasteiger partial charge in [0.1, 0.15) is 0 Å². The number of carbonyl (C=O) groups excluding carboxylic acids is 1. The van der Waals surface area contributed by atoms with Crippen LogP contribution in [0.25, 0.3) is 0 Å². The molecule has 7 heteroatoms. The molecule has 0 spiro atoms. The average molecular weight is 323 g/mol. The van der Waals surface area contributed by atoms with E-state index in [1.165, 1.54) is 7.11 Å². The summed E-state index contributed by atoms with van der Waals surface area (Å²) in [6, 6.07) is 7.89. The van der Waals surface area contributed by atoms with Crippen molar-refractivity contribution in [2.75, 3.05) is 26.1 Å². The Morgan fingerprint density at radius 3 is 2.62 bits per heavy atom. The SMILES string of the molecule is COC(=O)Cc1ccccc1CSc1nnc(N(C)C)s1. The van der Waals surface area contributed by atoms with Crippen LogP contribution in [0.1, 0.15) is 11.1 Å². The van der Waals surface area contributed by atoms with Gasteiger partial charge in [-0.15, -0.1) is 10.2 Å². The van der Waals surface area contributed by atoms with Gasteiger partial charge in [-0.3, -0.25) is 4.79 Å². The molecule has 2 rings (SSSR count). The predicted octanol–water partition coefficient (Wildman–Crippen LogP) is 2.61. The third-order valence-electron chi connectivity index (χ3n) is 2.81. The van der Waals surface area contributed by atoms with E-state index in [2.05, 4.69) is 10.2 Å². The molecule has 0 N–H and O–H groups in total. The summed E-state index contributed by atoms with van der Waals surface area (Å²) >= 11 is 3.19. The number of nitrogens with zero attached hydrogens (tertiary/aromatic N) is 3. The molecule has 0 atom stereocenters. The van der Waals surface area contributed by atoms with E-state index in [4.69, 9.17) is 4.74 Å². The van der Waals surface area contributed by atoms with Crippen molar-refractivity contribution in [3.05, 3.63) is 35.4 Å². The first kappa shape index (κ1) is 15.8. The van der Waals surface area contributed by atoms with Crippen LogP contribution in [0.2, 0.25) is 0 Å². The predicted molar refractivity (Wildman–Crippen MR) is 86.0 cm³/mol. The molecule has 1 heterocycles. The zero-order valence-electron chi connectivity index (χ0n) is 12.2. The van der Waals surface area contributed by atoms with Gasteiger partial charge < -0.3 is 9.64 Å². The minimum Gasteiger partial charge on any atom is -0.469 e. The van der Waals surface area contributed by atoms with Gasteiger partial charge in [-0.2, -0.15) is 0 Å². The van der Waals surface area contributed by atoms with Crippen molar-refractivity contribution in [1.29, 1.82) is 0 Å². The normalized spacial score (nSPS) is 10.4. The fourth-order valence-electron chi connectivity index (χ4n) is 1.68. The van der Waals surface area contributed by atoms with Crippen molar-refractivity contribution in [3.63, 3.8) is 0 Å². The Morgan fingerprint density at radius 2 is 2.00 bits per heavy atom. The molecule has 0 aliphatic rings. The molecule has 0 bridgehead atoms. The first-order chi connectivity index (χ1) is 10.1. The molecule has 2 aromatic rings. The minimum absolute atomic E-state index is 0.224. The van der Waals surface area contributed by atoms with Crippen molar-refractivity contribution in [1.82, 2.24) is 10.2 Å². The number of ether oxygens (including phenoxy) is 1. The summed E-state index contributed by atoms with van der Waals surface area (Å²) in [7, 11) is 5.30. The molecule has 0 saturated heterocycles. The highest BCUT2D eigenvalue weighted by molar-refractivity contribution is 8.00. The van der Waals surface area contributed by atoms with Crippen LogP contribution in [0.3, 0.4) is 0 Å². The van der Waals surface area contributed by atoms with E-state index in [0.717, 1.165) is 26.4 Å². The van der Waals surface area contributed by atoms with Crippen LogP contribution >= 0.6 is 23.1 Å². The molecule has 0 aliphatic carbocycles. The van der Waals surface area contributed by atoms with E-state index in [-0.39, 0.29) is 5.97 Å². The zero-order valence-corrected chi connectivity index (χ0v) is 13.8. The van der Waals surface area contributed by atoms with Crippen molar-refractivity contribution < 1.29 is 9.53 Å². The second-order valence-corrected chi connectivity index (χ2v) is 6.73. The van der Waals surface area contributed by atoms with Crippen molar-refractivity contribution in [2.45, 2.75) is 16.5 Å². The minimum atomic E-state index is -0.224. The summed E-state index contributed by atoms with van der Waals surface area (Å²) in [5, 5.41) is 9.16. The molecule has 112 valence electrons. The number of anilines is 1. The van der Waals surface area contributed by atoms with Crippen LogP contribution in [0.15, 0.2) is 28.6 Å². The van der Waals surface area contributed by atoms with Crippen LogP contribution in [0.5, 0.6) is 0 Å². The Balaban J connectivity index is 2.03. The lowest BCUT2D eigenvalue weighted by molar-refractivity contribution is -0.139. The largest absolute Gasteiger partial charge is 0.469 e. The maximum absolute atomic E-state index is 11.4. The Morgan fingerprint density at radius 1 is 1.29 bits per heavy atom. The topological polar surface area (TPSA) is 55.3 Å². The summed E-state index contributed by atoms with van der Waals surface area (Å²) in [6.07, 6.45) is 0.298. The van der Waals surface area contributed by atoms with Gasteiger partial charge in [-0.05, 0) is 11.1 Å². The van der Waals surface area contributed by atoms with Gasteiger partial charge in [0.15, 0.2) is 4.34 Å². The van der Waals surface area contributed by atoms with Gasteiger partial charge >= 0.3 is 5.97 Å². The molecule has 21 heavy (non-hydrogen) atoms. The van der Waals surface area contributed by atoms with Gasteiger partial charge in [0.2, 0.25) is 5.13 Å². The van der Waals surface area contributed by atoms with Gasteiger partial charge in [-0.25, -0.2) is 0 Å². The smallest absolute Gasteiger partial charge is 0.309 e.